The molecular formula is C21H20FN3O4. The molecule has 1 atom stereocenters. The summed E-state index contributed by atoms with van der Waals surface area (Å²) in [6, 6.07) is 13.8. The molecule has 7 nitrogen and oxygen atoms in total. The Morgan fingerprint density at radius 1 is 1.21 bits per heavy atom. The fourth-order valence-corrected chi connectivity index (χ4v) is 3.04. The van der Waals surface area contributed by atoms with Crippen LogP contribution in [-0.4, -0.2) is 33.9 Å². The number of carbonyl (C=O) groups excluding carboxylic acids is 1. The first-order valence-corrected chi connectivity index (χ1v) is 8.88. The molecule has 2 N–H and O–H groups in total. The van der Waals surface area contributed by atoms with Crippen LogP contribution in [0.15, 0.2) is 54.6 Å². The van der Waals surface area contributed by atoms with Crippen LogP contribution in [0.4, 0.5) is 4.39 Å². The molecule has 1 amide bonds. The monoisotopic (exact) mass is 397 g/mol. The van der Waals surface area contributed by atoms with Gasteiger partial charge in [-0.25, -0.2) is 4.39 Å². The summed E-state index contributed by atoms with van der Waals surface area (Å²) in [5, 5.41) is 16.1. The summed E-state index contributed by atoms with van der Waals surface area (Å²) in [4.78, 5) is 24.1. The Kier molecular flexibility index (Phi) is 5.92. The second kappa shape index (κ2) is 8.55. The molecule has 8 heteroatoms. The van der Waals surface area contributed by atoms with Gasteiger partial charge in [-0.2, -0.15) is 9.78 Å². The number of hydrogen-bond acceptors (Lipinski definition) is 4. The van der Waals surface area contributed by atoms with Gasteiger partial charge in [0.05, 0.1) is 19.6 Å². The average molecular weight is 397 g/mol. The molecule has 29 heavy (non-hydrogen) atoms. The lowest BCUT2D eigenvalue weighted by atomic mass is 9.98. The maximum Gasteiger partial charge on any atom is 0.305 e. The summed E-state index contributed by atoms with van der Waals surface area (Å²) in [6.45, 7) is 1.84. The number of amides is 1. The maximum absolute atomic E-state index is 14.1. The van der Waals surface area contributed by atoms with Gasteiger partial charge in [0.1, 0.15) is 11.5 Å². The van der Waals surface area contributed by atoms with Crippen LogP contribution >= 0.6 is 0 Å². The summed E-state index contributed by atoms with van der Waals surface area (Å²) >= 11 is 0. The van der Waals surface area contributed by atoms with Crippen molar-refractivity contribution in [2.75, 3.05) is 7.11 Å². The van der Waals surface area contributed by atoms with E-state index in [9.17, 15) is 19.1 Å². The zero-order chi connectivity index (χ0) is 21.0. The smallest absolute Gasteiger partial charge is 0.305 e. The van der Waals surface area contributed by atoms with Crippen LogP contribution in [0, 0.1) is 12.7 Å². The average Bonchev–Trinajstić information content (AvgIpc) is 3.12. The number of carboxylic acid groups (broad SMARTS) is 1. The molecule has 0 bridgehead atoms. The number of ether oxygens (including phenoxy) is 1. The van der Waals surface area contributed by atoms with Crippen molar-refractivity contribution in [3.63, 3.8) is 0 Å². The van der Waals surface area contributed by atoms with E-state index < -0.39 is 23.7 Å². The summed E-state index contributed by atoms with van der Waals surface area (Å²) in [5.41, 5.74) is 1.66. The van der Waals surface area contributed by atoms with Crippen molar-refractivity contribution in [2.45, 2.75) is 19.4 Å². The fourth-order valence-electron chi connectivity index (χ4n) is 3.04. The van der Waals surface area contributed by atoms with Crippen LogP contribution in [0.25, 0.3) is 5.69 Å². The van der Waals surface area contributed by atoms with Crippen molar-refractivity contribution in [3.8, 4) is 11.6 Å². The van der Waals surface area contributed by atoms with Crippen LogP contribution in [0.1, 0.15) is 34.1 Å². The van der Waals surface area contributed by atoms with E-state index in [0.29, 0.717) is 5.56 Å². The highest BCUT2D eigenvalue weighted by molar-refractivity contribution is 5.93. The predicted octanol–water partition coefficient (Wildman–Crippen LogP) is 3.27. The molecule has 0 saturated carbocycles. The number of aryl methyl sites for hydroxylation is 1. The van der Waals surface area contributed by atoms with Crippen molar-refractivity contribution in [1.82, 2.24) is 15.1 Å². The van der Waals surface area contributed by atoms with Gasteiger partial charge in [-0.15, -0.1) is 0 Å². The molecule has 0 fully saturated rings. The molecule has 0 aliphatic carbocycles. The first kappa shape index (κ1) is 20.1. The van der Waals surface area contributed by atoms with Gasteiger partial charge in [-0.3, -0.25) is 9.59 Å². The van der Waals surface area contributed by atoms with Crippen molar-refractivity contribution in [1.29, 1.82) is 0 Å². The quantitative estimate of drug-likeness (QED) is 0.638. The number of aliphatic carboxylic acids is 1. The molecule has 0 spiro atoms. The third kappa shape index (κ3) is 4.43. The predicted molar refractivity (Wildman–Crippen MR) is 104 cm³/mol. The minimum atomic E-state index is -1.05. The highest BCUT2D eigenvalue weighted by atomic mass is 19.1. The Morgan fingerprint density at radius 3 is 2.55 bits per heavy atom. The van der Waals surface area contributed by atoms with E-state index in [1.54, 1.807) is 24.3 Å². The molecule has 0 saturated heterocycles. The number of benzene rings is 2. The van der Waals surface area contributed by atoms with Gasteiger partial charge in [-0.1, -0.05) is 36.4 Å². The normalized spacial score (nSPS) is 11.7. The van der Waals surface area contributed by atoms with E-state index in [-0.39, 0.29) is 23.7 Å². The number of methoxy groups -OCH3 is 1. The Bertz CT molecular complexity index is 1050. The third-order valence-electron chi connectivity index (χ3n) is 4.45. The Labute approximate surface area is 166 Å². The molecule has 1 unspecified atom stereocenters. The van der Waals surface area contributed by atoms with Gasteiger partial charge >= 0.3 is 5.97 Å². The summed E-state index contributed by atoms with van der Waals surface area (Å²) in [5.74, 6) is -1.99. The molecule has 0 aliphatic heterocycles. The van der Waals surface area contributed by atoms with E-state index in [4.69, 9.17) is 4.74 Å². The van der Waals surface area contributed by atoms with Gasteiger partial charge in [0.15, 0.2) is 5.69 Å². The van der Waals surface area contributed by atoms with Crippen molar-refractivity contribution in [2.24, 2.45) is 0 Å². The van der Waals surface area contributed by atoms with Gasteiger partial charge in [0.25, 0.3) is 5.91 Å². The van der Waals surface area contributed by atoms with Gasteiger partial charge in [-0.05, 0) is 30.2 Å². The Balaban J connectivity index is 1.92. The maximum atomic E-state index is 14.1. The fraction of sp³-hybridized carbons (Fsp3) is 0.190. The second-order valence-corrected chi connectivity index (χ2v) is 6.42. The van der Waals surface area contributed by atoms with Crippen LogP contribution < -0.4 is 10.1 Å². The van der Waals surface area contributed by atoms with Crippen molar-refractivity contribution < 1.29 is 23.8 Å². The number of aromatic nitrogens is 2. The van der Waals surface area contributed by atoms with Crippen LogP contribution in [0.3, 0.4) is 0 Å². The molecular weight excluding hydrogens is 377 g/mol. The molecule has 150 valence electrons. The highest BCUT2D eigenvalue weighted by Gasteiger charge is 2.23. The number of para-hydroxylation sites is 1. The highest BCUT2D eigenvalue weighted by Crippen LogP contribution is 2.24. The van der Waals surface area contributed by atoms with Gasteiger partial charge in [0.2, 0.25) is 5.88 Å². The van der Waals surface area contributed by atoms with Crippen molar-refractivity contribution >= 4 is 11.9 Å². The largest absolute Gasteiger partial charge is 0.481 e. The lowest BCUT2D eigenvalue weighted by Crippen LogP contribution is -2.31. The molecule has 3 rings (SSSR count). The number of carbonyl (C=O) groups is 2. The minimum Gasteiger partial charge on any atom is -0.481 e. The van der Waals surface area contributed by atoms with Crippen molar-refractivity contribution in [3.05, 3.63) is 77.2 Å². The summed E-state index contributed by atoms with van der Waals surface area (Å²) in [6.07, 6.45) is -0.290. The van der Waals surface area contributed by atoms with Gasteiger partial charge in [0, 0.05) is 6.07 Å². The molecule has 3 aromatic rings. The van der Waals surface area contributed by atoms with E-state index >= 15 is 0 Å². The standard InChI is InChI=1S/C21H20FN3O4/c1-13-7-3-4-8-14(13)16(12-20(26)27)23-21(28)17-11-19(29-2)25(24-17)18-10-6-5-9-15(18)22/h3-11,16H,12H2,1-2H3,(H,23,28)(H,26,27). The second-order valence-electron chi connectivity index (χ2n) is 6.42. The molecule has 0 aliphatic rings. The number of hydrogen-bond donors (Lipinski definition) is 2. The topological polar surface area (TPSA) is 93.4 Å². The number of nitrogens with one attached hydrogen (secondary N) is 1. The van der Waals surface area contributed by atoms with Crippen LogP contribution in [-0.2, 0) is 4.79 Å². The Hall–Kier alpha value is -3.68. The first-order valence-electron chi connectivity index (χ1n) is 8.88. The minimum absolute atomic E-state index is 0.0194. The molecule has 2 aromatic carbocycles. The van der Waals surface area contributed by atoms with E-state index in [0.717, 1.165) is 5.56 Å². The van der Waals surface area contributed by atoms with Crippen LogP contribution in [0.2, 0.25) is 0 Å². The van der Waals surface area contributed by atoms with E-state index in [1.165, 1.54) is 30.0 Å². The third-order valence-corrected chi connectivity index (χ3v) is 4.45. The lowest BCUT2D eigenvalue weighted by molar-refractivity contribution is -0.137. The van der Waals surface area contributed by atoms with Gasteiger partial charge < -0.3 is 15.2 Å². The molecule has 1 heterocycles. The number of carboxylic acids is 1. The SMILES string of the molecule is COc1cc(C(=O)NC(CC(=O)O)c2ccccc2C)nn1-c1ccccc1F. The molecule has 1 aromatic heterocycles. The van der Waals surface area contributed by atoms with E-state index in [2.05, 4.69) is 10.4 Å². The number of halogens is 1. The molecule has 0 radical (unpaired) electrons. The first-order chi connectivity index (χ1) is 13.9. The zero-order valence-electron chi connectivity index (χ0n) is 15.9. The van der Waals surface area contributed by atoms with E-state index in [1.807, 2.05) is 19.1 Å². The summed E-state index contributed by atoms with van der Waals surface area (Å²) < 4.78 is 20.5. The summed E-state index contributed by atoms with van der Waals surface area (Å²) in [7, 11) is 1.39. The zero-order valence-corrected chi connectivity index (χ0v) is 15.9. The lowest BCUT2D eigenvalue weighted by Gasteiger charge is -2.18. The number of rotatable bonds is 7. The Morgan fingerprint density at radius 2 is 1.90 bits per heavy atom. The van der Waals surface area contributed by atoms with Crippen LogP contribution in [0.5, 0.6) is 5.88 Å². The number of nitrogens with zero attached hydrogens (tertiary/aromatic N) is 2.